The molecule has 0 N–H and O–H groups in total. The van der Waals surface area contributed by atoms with E-state index < -0.39 is 0 Å². The highest BCUT2D eigenvalue weighted by Crippen LogP contribution is 2.26. The highest BCUT2D eigenvalue weighted by Gasteiger charge is 2.21. The van der Waals surface area contributed by atoms with Gasteiger partial charge in [-0.25, -0.2) is 0 Å². The Morgan fingerprint density at radius 1 is 1.41 bits per heavy atom. The van der Waals surface area contributed by atoms with E-state index in [0.29, 0.717) is 6.42 Å². The fourth-order valence-electron chi connectivity index (χ4n) is 2.42. The van der Waals surface area contributed by atoms with Crippen molar-refractivity contribution in [2.45, 2.75) is 32.7 Å². The summed E-state index contributed by atoms with van der Waals surface area (Å²) in [5.74, 6) is 0.849. The molecule has 2 aromatic rings. The van der Waals surface area contributed by atoms with Crippen LogP contribution in [0.3, 0.4) is 0 Å². The van der Waals surface area contributed by atoms with E-state index in [9.17, 15) is 4.79 Å². The van der Waals surface area contributed by atoms with E-state index in [0.717, 1.165) is 27.7 Å². The second-order valence-corrected chi connectivity index (χ2v) is 6.36. The van der Waals surface area contributed by atoms with Crippen LogP contribution in [0.4, 0.5) is 0 Å². The normalized spacial score (nSPS) is 12.0. The van der Waals surface area contributed by atoms with Gasteiger partial charge in [-0.2, -0.15) is 0 Å². The largest absolute Gasteiger partial charge is 0.497 e. The number of hydrogen-bond donors (Lipinski definition) is 0. The third kappa shape index (κ3) is 3.82. The molecular weight excluding hydrogens is 298 g/mol. The third-order valence-corrected chi connectivity index (χ3v) is 4.44. The fraction of sp³-hybridized carbons (Fsp3) is 0.438. The number of ether oxygens (including phenoxy) is 1. The number of aryl methyl sites for hydroxylation is 1. The number of nitrogens with zero attached hydrogens (tertiary/aromatic N) is 3. The molecule has 1 heterocycles. The van der Waals surface area contributed by atoms with E-state index in [2.05, 4.69) is 17.1 Å². The van der Waals surface area contributed by atoms with E-state index in [1.54, 1.807) is 12.0 Å². The zero-order valence-corrected chi connectivity index (χ0v) is 14.2. The molecule has 1 amide bonds. The van der Waals surface area contributed by atoms with Gasteiger partial charge < -0.3 is 9.64 Å². The van der Waals surface area contributed by atoms with Crippen molar-refractivity contribution in [1.82, 2.24) is 15.1 Å². The standard InChI is InChI=1S/C16H21N3O2S/c1-5-14(12-7-6-8-13(9-12)21-4)19(3)16(20)10-15-18-17-11(2)22-15/h6-9,14H,5,10H2,1-4H3. The van der Waals surface area contributed by atoms with Crippen LogP contribution in [0.1, 0.15) is 35.0 Å². The minimum Gasteiger partial charge on any atom is -0.497 e. The van der Waals surface area contributed by atoms with Crippen molar-refractivity contribution in [2.75, 3.05) is 14.2 Å². The topological polar surface area (TPSA) is 55.3 Å². The van der Waals surface area contributed by atoms with Crippen molar-refractivity contribution in [2.24, 2.45) is 0 Å². The molecule has 0 saturated carbocycles. The molecule has 1 aromatic heterocycles. The number of likely N-dealkylation sites (N-methyl/N-ethyl adjacent to an activating group) is 1. The number of amides is 1. The van der Waals surface area contributed by atoms with Gasteiger partial charge in [-0.1, -0.05) is 19.1 Å². The van der Waals surface area contributed by atoms with Gasteiger partial charge in [0.25, 0.3) is 0 Å². The first-order chi connectivity index (χ1) is 10.5. The van der Waals surface area contributed by atoms with Crippen LogP contribution in [0.5, 0.6) is 5.75 Å². The Hall–Kier alpha value is -1.95. The molecule has 0 spiro atoms. The molecular formula is C16H21N3O2S. The first-order valence-corrected chi connectivity index (χ1v) is 8.05. The number of rotatable bonds is 6. The number of benzene rings is 1. The highest BCUT2D eigenvalue weighted by atomic mass is 32.1. The van der Waals surface area contributed by atoms with Crippen molar-refractivity contribution in [3.05, 3.63) is 39.8 Å². The Kier molecular flexibility index (Phi) is 5.49. The lowest BCUT2D eigenvalue weighted by molar-refractivity contribution is -0.131. The number of carbonyl (C=O) groups is 1. The van der Waals surface area contributed by atoms with Gasteiger partial charge in [0.1, 0.15) is 15.8 Å². The summed E-state index contributed by atoms with van der Waals surface area (Å²) in [6.07, 6.45) is 1.13. The first-order valence-electron chi connectivity index (χ1n) is 7.23. The average Bonchev–Trinajstić information content (AvgIpc) is 2.93. The molecule has 0 fully saturated rings. The van der Waals surface area contributed by atoms with Gasteiger partial charge in [0.15, 0.2) is 0 Å². The van der Waals surface area contributed by atoms with Crippen LogP contribution in [0, 0.1) is 6.92 Å². The van der Waals surface area contributed by atoms with Crippen molar-refractivity contribution < 1.29 is 9.53 Å². The summed E-state index contributed by atoms with van der Waals surface area (Å²) < 4.78 is 5.27. The van der Waals surface area contributed by atoms with E-state index in [-0.39, 0.29) is 11.9 Å². The van der Waals surface area contributed by atoms with Gasteiger partial charge in [0.05, 0.1) is 19.6 Å². The third-order valence-electron chi connectivity index (χ3n) is 3.60. The predicted molar refractivity (Wildman–Crippen MR) is 87.1 cm³/mol. The molecule has 1 atom stereocenters. The monoisotopic (exact) mass is 319 g/mol. The number of hydrogen-bond acceptors (Lipinski definition) is 5. The minimum absolute atomic E-state index is 0.0246. The van der Waals surface area contributed by atoms with Crippen molar-refractivity contribution in [1.29, 1.82) is 0 Å². The van der Waals surface area contributed by atoms with Gasteiger partial charge >= 0.3 is 0 Å². The van der Waals surface area contributed by atoms with E-state index in [1.807, 2.05) is 38.2 Å². The minimum atomic E-state index is 0.0246. The number of carbonyl (C=O) groups excluding carboxylic acids is 1. The predicted octanol–water partition coefficient (Wildman–Crippen LogP) is 3.01. The molecule has 0 saturated heterocycles. The number of aromatic nitrogens is 2. The lowest BCUT2D eigenvalue weighted by Gasteiger charge is -2.27. The van der Waals surface area contributed by atoms with Gasteiger partial charge in [-0.05, 0) is 31.0 Å². The summed E-state index contributed by atoms with van der Waals surface area (Å²) in [7, 11) is 3.48. The summed E-state index contributed by atoms with van der Waals surface area (Å²) in [4.78, 5) is 14.3. The van der Waals surface area contributed by atoms with Gasteiger partial charge in [-0.15, -0.1) is 21.5 Å². The SMILES string of the molecule is CCC(c1cccc(OC)c1)N(C)C(=O)Cc1nnc(C)s1. The fourth-order valence-corrected chi connectivity index (χ4v) is 3.12. The number of methoxy groups -OCH3 is 1. The van der Waals surface area contributed by atoms with Crippen LogP contribution in [0.15, 0.2) is 24.3 Å². The Labute approximate surface area is 134 Å². The second-order valence-electron chi connectivity index (χ2n) is 5.10. The van der Waals surface area contributed by atoms with E-state index in [4.69, 9.17) is 4.74 Å². The Morgan fingerprint density at radius 3 is 2.77 bits per heavy atom. The van der Waals surface area contributed by atoms with E-state index >= 15 is 0 Å². The molecule has 0 aliphatic carbocycles. The first kappa shape index (κ1) is 16.4. The van der Waals surface area contributed by atoms with Crippen LogP contribution in [0.2, 0.25) is 0 Å². The summed E-state index contributed by atoms with van der Waals surface area (Å²) in [5.41, 5.74) is 1.08. The summed E-state index contributed by atoms with van der Waals surface area (Å²) in [6.45, 7) is 3.96. The molecule has 5 nitrogen and oxygen atoms in total. The summed E-state index contributed by atoms with van der Waals surface area (Å²) in [5, 5.41) is 9.62. The Morgan fingerprint density at radius 2 is 2.18 bits per heavy atom. The van der Waals surface area contributed by atoms with Crippen LogP contribution in [0.25, 0.3) is 0 Å². The molecule has 1 aromatic carbocycles. The van der Waals surface area contributed by atoms with Crippen molar-refractivity contribution >= 4 is 17.2 Å². The van der Waals surface area contributed by atoms with E-state index in [1.165, 1.54) is 11.3 Å². The van der Waals surface area contributed by atoms with Gasteiger partial charge in [-0.3, -0.25) is 4.79 Å². The van der Waals surface area contributed by atoms with Crippen molar-refractivity contribution in [3.63, 3.8) is 0 Å². The maximum absolute atomic E-state index is 12.5. The van der Waals surface area contributed by atoms with Crippen LogP contribution in [-0.2, 0) is 11.2 Å². The average molecular weight is 319 g/mol. The van der Waals surface area contributed by atoms with Crippen molar-refractivity contribution in [3.8, 4) is 5.75 Å². The summed E-state index contributed by atoms with van der Waals surface area (Å²) in [6, 6.07) is 7.88. The smallest absolute Gasteiger partial charge is 0.229 e. The molecule has 0 bridgehead atoms. The molecule has 0 radical (unpaired) electrons. The highest BCUT2D eigenvalue weighted by molar-refractivity contribution is 7.11. The molecule has 22 heavy (non-hydrogen) atoms. The molecule has 6 heteroatoms. The van der Waals surface area contributed by atoms with Gasteiger partial charge in [0.2, 0.25) is 5.91 Å². The lowest BCUT2D eigenvalue weighted by Crippen LogP contribution is -2.32. The second kappa shape index (κ2) is 7.35. The maximum Gasteiger partial charge on any atom is 0.229 e. The lowest BCUT2D eigenvalue weighted by atomic mass is 10.0. The van der Waals surface area contributed by atoms with Crippen LogP contribution >= 0.6 is 11.3 Å². The zero-order valence-electron chi connectivity index (χ0n) is 13.4. The summed E-state index contributed by atoms with van der Waals surface area (Å²) >= 11 is 1.46. The van der Waals surface area contributed by atoms with Crippen LogP contribution < -0.4 is 4.74 Å². The molecule has 1 unspecified atom stereocenters. The molecule has 0 aliphatic rings. The maximum atomic E-state index is 12.5. The van der Waals surface area contributed by atoms with Crippen LogP contribution in [-0.4, -0.2) is 35.2 Å². The zero-order chi connectivity index (χ0) is 16.1. The molecule has 0 aliphatic heterocycles. The quantitative estimate of drug-likeness (QED) is 0.821. The molecule has 2 rings (SSSR count). The molecule has 118 valence electrons. The Balaban J connectivity index is 2.13. The Bertz CT molecular complexity index is 642. The van der Waals surface area contributed by atoms with Gasteiger partial charge in [0, 0.05) is 7.05 Å².